The lowest BCUT2D eigenvalue weighted by molar-refractivity contribution is -0.0866. The summed E-state index contributed by atoms with van der Waals surface area (Å²) in [5.74, 6) is 0.915. The molecule has 5 nitrogen and oxygen atoms in total. The maximum atomic E-state index is 5.89. The smallest absolute Gasteiger partial charge is 0.119 e. The van der Waals surface area contributed by atoms with Crippen molar-refractivity contribution in [3.05, 3.63) is 30.0 Å². The Labute approximate surface area is 156 Å². The maximum absolute atomic E-state index is 5.89. The number of aromatic amines is 1. The minimum Gasteiger partial charge on any atom is -0.497 e. The predicted molar refractivity (Wildman–Crippen MR) is 105 cm³/mol. The summed E-state index contributed by atoms with van der Waals surface area (Å²) in [5, 5.41) is 1.23. The van der Waals surface area contributed by atoms with E-state index in [0.29, 0.717) is 18.2 Å². The standard InChI is InChI=1S/C21H31N3O2/c1-15-12-24(13-16(2)26-15)19-6-8-23(9-7-19)14-18-10-17-11-20(25-3)4-5-21(17)22-18/h4-5,10-11,15-16,19,22H,6-9,12-14H2,1-3H3/t15-,16+. The van der Waals surface area contributed by atoms with Crippen LogP contribution in [0.25, 0.3) is 10.9 Å². The molecule has 1 aromatic carbocycles. The molecule has 2 aliphatic heterocycles. The van der Waals surface area contributed by atoms with Gasteiger partial charge < -0.3 is 14.5 Å². The van der Waals surface area contributed by atoms with Gasteiger partial charge in [-0.2, -0.15) is 0 Å². The van der Waals surface area contributed by atoms with Crippen LogP contribution in [0.5, 0.6) is 5.75 Å². The van der Waals surface area contributed by atoms with Gasteiger partial charge in [0.05, 0.1) is 19.3 Å². The number of benzene rings is 1. The number of nitrogens with one attached hydrogen (secondary N) is 1. The van der Waals surface area contributed by atoms with Crippen molar-refractivity contribution in [1.82, 2.24) is 14.8 Å². The van der Waals surface area contributed by atoms with Crippen molar-refractivity contribution in [2.75, 3.05) is 33.3 Å². The second kappa shape index (κ2) is 7.59. The molecule has 26 heavy (non-hydrogen) atoms. The van der Waals surface area contributed by atoms with Crippen molar-refractivity contribution in [3.8, 4) is 5.75 Å². The lowest BCUT2D eigenvalue weighted by atomic mass is 10.0. The van der Waals surface area contributed by atoms with Gasteiger partial charge in [-0.25, -0.2) is 0 Å². The summed E-state index contributed by atoms with van der Waals surface area (Å²) in [5.41, 5.74) is 2.48. The maximum Gasteiger partial charge on any atom is 0.119 e. The van der Waals surface area contributed by atoms with E-state index in [0.717, 1.165) is 25.4 Å². The second-order valence-electron chi connectivity index (χ2n) is 7.97. The molecular formula is C21H31N3O2. The fourth-order valence-electron chi connectivity index (χ4n) is 4.58. The van der Waals surface area contributed by atoms with E-state index in [9.17, 15) is 0 Å². The van der Waals surface area contributed by atoms with E-state index in [1.165, 1.54) is 42.5 Å². The molecule has 0 saturated carbocycles. The average molecular weight is 357 g/mol. The van der Waals surface area contributed by atoms with E-state index in [-0.39, 0.29) is 0 Å². The van der Waals surface area contributed by atoms with Crippen LogP contribution in [0.15, 0.2) is 24.3 Å². The van der Waals surface area contributed by atoms with Crippen molar-refractivity contribution >= 4 is 10.9 Å². The third-order valence-corrected chi connectivity index (χ3v) is 5.80. The van der Waals surface area contributed by atoms with Gasteiger partial charge in [0.1, 0.15) is 5.75 Å². The highest BCUT2D eigenvalue weighted by atomic mass is 16.5. The van der Waals surface area contributed by atoms with Gasteiger partial charge in [0.25, 0.3) is 0 Å². The normalized spacial score (nSPS) is 26.4. The molecule has 0 aliphatic carbocycles. The Bertz CT molecular complexity index is 726. The highest BCUT2D eigenvalue weighted by Crippen LogP contribution is 2.25. The van der Waals surface area contributed by atoms with E-state index in [1.807, 2.05) is 6.07 Å². The fourth-order valence-corrected chi connectivity index (χ4v) is 4.58. The third kappa shape index (κ3) is 3.90. The lowest BCUT2D eigenvalue weighted by Gasteiger charge is -2.43. The lowest BCUT2D eigenvalue weighted by Crippen LogP contribution is -2.53. The first-order chi connectivity index (χ1) is 12.6. The van der Waals surface area contributed by atoms with E-state index < -0.39 is 0 Å². The van der Waals surface area contributed by atoms with Crippen LogP contribution in [-0.4, -0.2) is 66.3 Å². The average Bonchev–Trinajstić information content (AvgIpc) is 3.02. The minimum atomic E-state index is 0.361. The van der Waals surface area contributed by atoms with Crippen molar-refractivity contribution in [3.63, 3.8) is 0 Å². The quantitative estimate of drug-likeness (QED) is 0.912. The molecule has 0 spiro atoms. The number of piperidine rings is 1. The van der Waals surface area contributed by atoms with Gasteiger partial charge in [-0.1, -0.05) is 0 Å². The molecule has 1 N–H and O–H groups in total. The van der Waals surface area contributed by atoms with Crippen molar-refractivity contribution < 1.29 is 9.47 Å². The van der Waals surface area contributed by atoms with E-state index >= 15 is 0 Å². The minimum absolute atomic E-state index is 0.361. The zero-order valence-electron chi connectivity index (χ0n) is 16.2. The number of methoxy groups -OCH3 is 1. The van der Waals surface area contributed by atoms with Crippen LogP contribution in [0.1, 0.15) is 32.4 Å². The predicted octanol–water partition coefficient (Wildman–Crippen LogP) is 3.25. The molecule has 0 bridgehead atoms. The summed E-state index contributed by atoms with van der Waals surface area (Å²) in [6.07, 6.45) is 3.24. The van der Waals surface area contributed by atoms with Crippen LogP contribution in [0.3, 0.4) is 0 Å². The van der Waals surface area contributed by atoms with Gasteiger partial charge in [-0.05, 0) is 51.0 Å². The molecule has 5 heteroatoms. The van der Waals surface area contributed by atoms with Crippen molar-refractivity contribution in [2.24, 2.45) is 0 Å². The van der Waals surface area contributed by atoms with Crippen LogP contribution in [-0.2, 0) is 11.3 Å². The van der Waals surface area contributed by atoms with Crippen LogP contribution in [0, 0.1) is 0 Å². The zero-order chi connectivity index (χ0) is 18.1. The molecule has 2 saturated heterocycles. The number of likely N-dealkylation sites (tertiary alicyclic amines) is 1. The number of hydrogen-bond acceptors (Lipinski definition) is 4. The molecular weight excluding hydrogens is 326 g/mol. The summed E-state index contributed by atoms with van der Waals surface area (Å²) >= 11 is 0. The molecule has 2 fully saturated rings. The van der Waals surface area contributed by atoms with E-state index in [1.54, 1.807) is 7.11 Å². The van der Waals surface area contributed by atoms with Crippen molar-refractivity contribution in [2.45, 2.75) is 51.5 Å². The molecule has 0 radical (unpaired) electrons. The van der Waals surface area contributed by atoms with E-state index in [2.05, 4.69) is 46.8 Å². The van der Waals surface area contributed by atoms with Crippen LogP contribution < -0.4 is 4.74 Å². The Kier molecular flexibility index (Phi) is 5.20. The Hall–Kier alpha value is -1.56. The fraction of sp³-hybridized carbons (Fsp3) is 0.619. The number of aromatic nitrogens is 1. The monoisotopic (exact) mass is 357 g/mol. The molecule has 0 unspecified atom stereocenters. The largest absolute Gasteiger partial charge is 0.497 e. The topological polar surface area (TPSA) is 40.7 Å². The first-order valence-electron chi connectivity index (χ1n) is 9.88. The third-order valence-electron chi connectivity index (χ3n) is 5.80. The molecule has 2 aliphatic rings. The first kappa shape index (κ1) is 17.8. The number of hydrogen-bond donors (Lipinski definition) is 1. The number of H-pyrrole nitrogens is 1. The van der Waals surface area contributed by atoms with E-state index in [4.69, 9.17) is 9.47 Å². The van der Waals surface area contributed by atoms with Gasteiger partial charge in [-0.3, -0.25) is 9.80 Å². The van der Waals surface area contributed by atoms with Gasteiger partial charge in [0.15, 0.2) is 0 Å². The molecule has 4 rings (SSSR count). The van der Waals surface area contributed by atoms with Crippen LogP contribution in [0.2, 0.25) is 0 Å². The Morgan fingerprint density at radius 1 is 1.12 bits per heavy atom. The Balaban J connectivity index is 1.33. The Morgan fingerprint density at radius 3 is 2.54 bits per heavy atom. The number of morpholine rings is 1. The molecule has 2 aromatic rings. The summed E-state index contributed by atoms with van der Waals surface area (Å²) in [6.45, 7) is 9.90. The number of rotatable bonds is 4. The summed E-state index contributed by atoms with van der Waals surface area (Å²) in [6, 6.07) is 9.19. The Morgan fingerprint density at radius 2 is 1.85 bits per heavy atom. The second-order valence-corrected chi connectivity index (χ2v) is 7.97. The number of nitrogens with zero attached hydrogens (tertiary/aromatic N) is 2. The van der Waals surface area contributed by atoms with Gasteiger partial charge in [0.2, 0.25) is 0 Å². The number of fused-ring (bicyclic) bond motifs is 1. The molecule has 1 aromatic heterocycles. The molecule has 3 heterocycles. The molecule has 142 valence electrons. The van der Waals surface area contributed by atoms with Crippen LogP contribution >= 0.6 is 0 Å². The van der Waals surface area contributed by atoms with Gasteiger partial charge in [-0.15, -0.1) is 0 Å². The summed E-state index contributed by atoms with van der Waals surface area (Å²) in [4.78, 5) is 8.79. The highest BCUT2D eigenvalue weighted by molar-refractivity contribution is 5.81. The van der Waals surface area contributed by atoms with Gasteiger partial charge >= 0.3 is 0 Å². The van der Waals surface area contributed by atoms with Gasteiger partial charge in [0, 0.05) is 55.4 Å². The molecule has 2 atom stereocenters. The number of ether oxygens (including phenoxy) is 2. The summed E-state index contributed by atoms with van der Waals surface area (Å²) < 4.78 is 11.2. The highest BCUT2D eigenvalue weighted by Gasteiger charge is 2.30. The van der Waals surface area contributed by atoms with Crippen molar-refractivity contribution in [1.29, 1.82) is 0 Å². The van der Waals surface area contributed by atoms with Crippen LogP contribution in [0.4, 0.5) is 0 Å². The SMILES string of the molecule is COc1ccc2[nH]c(CN3CCC(N4C[C@@H](C)O[C@@H](C)C4)CC3)cc2c1. The zero-order valence-corrected chi connectivity index (χ0v) is 16.2. The molecule has 0 amide bonds. The first-order valence-corrected chi connectivity index (χ1v) is 9.88. The summed E-state index contributed by atoms with van der Waals surface area (Å²) in [7, 11) is 1.72.